The summed E-state index contributed by atoms with van der Waals surface area (Å²) in [7, 11) is 3.62. The van der Waals surface area contributed by atoms with Crippen molar-refractivity contribution in [2.45, 2.75) is 31.8 Å². The number of hydrogen-bond donors (Lipinski definition) is 1. The van der Waals surface area contributed by atoms with E-state index in [2.05, 4.69) is 15.2 Å². The molecular weight excluding hydrogens is 250 g/mol. The number of nitrogens with zero attached hydrogens (tertiary/aromatic N) is 2. The molecule has 1 aliphatic rings. The fourth-order valence-electron chi connectivity index (χ4n) is 2.44. The minimum atomic E-state index is 0.361. The molecule has 0 amide bonds. The number of hydrogen-bond acceptors (Lipinski definition) is 4. The molecule has 4 nitrogen and oxygen atoms in total. The molecule has 2 heterocycles. The zero-order valence-electron chi connectivity index (χ0n) is 10.9. The monoisotopic (exact) mass is 269 g/mol. The van der Waals surface area contributed by atoms with Gasteiger partial charge in [-0.25, -0.2) is 4.98 Å². The molecule has 1 atom stereocenters. The first-order chi connectivity index (χ1) is 8.76. The average molecular weight is 270 g/mol. The van der Waals surface area contributed by atoms with Crippen molar-refractivity contribution in [3.8, 4) is 5.75 Å². The third-order valence-electron chi connectivity index (χ3n) is 3.43. The summed E-state index contributed by atoms with van der Waals surface area (Å²) in [5, 5.41) is 3.78. The van der Waals surface area contributed by atoms with Gasteiger partial charge in [0.1, 0.15) is 0 Å². The van der Waals surface area contributed by atoms with E-state index in [1.165, 1.54) is 19.3 Å². The highest BCUT2D eigenvalue weighted by atomic mass is 35.5. The summed E-state index contributed by atoms with van der Waals surface area (Å²) in [4.78, 5) is 6.54. The Balaban J connectivity index is 2.26. The van der Waals surface area contributed by atoms with E-state index < -0.39 is 0 Å². The van der Waals surface area contributed by atoms with Crippen molar-refractivity contribution in [3.63, 3.8) is 0 Å². The first kappa shape index (κ1) is 13.4. The Morgan fingerprint density at radius 1 is 1.44 bits per heavy atom. The highest BCUT2D eigenvalue weighted by Gasteiger charge is 2.20. The molecule has 1 N–H and O–H groups in total. The molecule has 18 heavy (non-hydrogen) atoms. The van der Waals surface area contributed by atoms with Crippen LogP contribution in [0.15, 0.2) is 12.3 Å². The van der Waals surface area contributed by atoms with Gasteiger partial charge in [-0.3, -0.25) is 0 Å². The van der Waals surface area contributed by atoms with Crippen LogP contribution < -0.4 is 15.0 Å². The molecule has 0 radical (unpaired) electrons. The van der Waals surface area contributed by atoms with Crippen molar-refractivity contribution in [1.82, 2.24) is 10.3 Å². The number of pyridine rings is 1. The van der Waals surface area contributed by atoms with Crippen molar-refractivity contribution >= 4 is 17.3 Å². The number of halogens is 1. The Morgan fingerprint density at radius 2 is 2.28 bits per heavy atom. The van der Waals surface area contributed by atoms with Crippen molar-refractivity contribution in [3.05, 3.63) is 17.4 Å². The van der Waals surface area contributed by atoms with Gasteiger partial charge in [-0.15, -0.1) is 0 Å². The smallest absolute Gasteiger partial charge is 0.171 e. The normalized spacial score (nSPS) is 20.6. The van der Waals surface area contributed by atoms with Gasteiger partial charge in [-0.1, -0.05) is 18.0 Å². The average Bonchev–Trinajstić information content (AvgIpc) is 2.64. The molecular formula is C13H20ClN3O. The number of aromatic nitrogens is 1. The van der Waals surface area contributed by atoms with Gasteiger partial charge in [0.2, 0.25) is 0 Å². The van der Waals surface area contributed by atoms with Gasteiger partial charge in [0.05, 0.1) is 25.2 Å². The minimum absolute atomic E-state index is 0.361. The lowest BCUT2D eigenvalue weighted by Crippen LogP contribution is -2.43. The second-order valence-corrected chi connectivity index (χ2v) is 4.89. The predicted octanol–water partition coefficient (Wildman–Crippen LogP) is 2.67. The largest absolute Gasteiger partial charge is 0.493 e. The quantitative estimate of drug-likeness (QED) is 0.856. The van der Waals surface area contributed by atoms with Crippen LogP contribution in [0, 0.1) is 0 Å². The van der Waals surface area contributed by atoms with Gasteiger partial charge in [-0.2, -0.15) is 0 Å². The van der Waals surface area contributed by atoms with Crippen molar-refractivity contribution in [1.29, 1.82) is 0 Å². The Kier molecular flexibility index (Phi) is 4.66. The molecule has 1 aromatic rings. The lowest BCUT2D eigenvalue weighted by molar-refractivity contribution is 0.412. The molecule has 100 valence electrons. The van der Waals surface area contributed by atoms with Crippen molar-refractivity contribution in [2.24, 2.45) is 0 Å². The van der Waals surface area contributed by atoms with E-state index >= 15 is 0 Å². The highest BCUT2D eigenvalue weighted by Crippen LogP contribution is 2.29. The number of rotatable bonds is 3. The molecule has 1 unspecified atom stereocenters. The summed E-state index contributed by atoms with van der Waals surface area (Å²) in [5.74, 6) is 0.633. The van der Waals surface area contributed by atoms with E-state index in [0.717, 1.165) is 18.7 Å². The van der Waals surface area contributed by atoms with Gasteiger partial charge < -0.3 is 15.0 Å². The zero-order chi connectivity index (χ0) is 13.0. The van der Waals surface area contributed by atoms with Gasteiger partial charge in [0.15, 0.2) is 10.9 Å². The van der Waals surface area contributed by atoms with Crippen molar-refractivity contribution < 1.29 is 4.74 Å². The predicted molar refractivity (Wildman–Crippen MR) is 74.5 cm³/mol. The molecule has 5 heteroatoms. The maximum atomic E-state index is 5.97. The van der Waals surface area contributed by atoms with Gasteiger partial charge >= 0.3 is 0 Å². The zero-order valence-corrected chi connectivity index (χ0v) is 11.7. The minimum Gasteiger partial charge on any atom is -0.493 e. The van der Waals surface area contributed by atoms with Crippen LogP contribution in [0.1, 0.15) is 25.7 Å². The lowest BCUT2D eigenvalue weighted by Gasteiger charge is -2.31. The number of methoxy groups -OCH3 is 1. The summed E-state index contributed by atoms with van der Waals surface area (Å²) in [6.45, 7) is 1.04. The van der Waals surface area contributed by atoms with Crippen LogP contribution in [0.3, 0.4) is 0 Å². The molecule has 2 rings (SSSR count). The fourth-order valence-corrected chi connectivity index (χ4v) is 2.62. The molecule has 0 bridgehead atoms. The maximum absolute atomic E-state index is 5.97. The van der Waals surface area contributed by atoms with E-state index in [1.807, 2.05) is 19.3 Å². The van der Waals surface area contributed by atoms with Gasteiger partial charge in [0, 0.05) is 12.6 Å². The Bertz CT molecular complexity index is 400. The first-order valence-electron chi connectivity index (χ1n) is 6.39. The molecule has 1 fully saturated rings. The standard InChI is InChI=1S/C13H20ClN3O/c1-15-12-6-4-3-5-7-17(12)10-8-11(18-2)13(14)16-9-10/h8-9,12,15H,3-7H2,1-2H3. The molecule has 0 aliphatic carbocycles. The van der Waals surface area contributed by atoms with Gasteiger partial charge in [-0.05, 0) is 26.3 Å². The third kappa shape index (κ3) is 2.87. The van der Waals surface area contributed by atoms with E-state index in [9.17, 15) is 0 Å². The van der Waals surface area contributed by atoms with Crippen molar-refractivity contribution in [2.75, 3.05) is 25.6 Å². The third-order valence-corrected chi connectivity index (χ3v) is 3.71. The lowest BCUT2D eigenvalue weighted by atomic mass is 10.2. The summed E-state index contributed by atoms with van der Waals surface area (Å²) in [6.07, 6.45) is 7.10. The molecule has 1 aliphatic heterocycles. The highest BCUT2D eigenvalue weighted by molar-refractivity contribution is 6.30. The molecule has 1 aromatic heterocycles. The van der Waals surface area contributed by atoms with Gasteiger partial charge in [0.25, 0.3) is 0 Å². The Hall–Kier alpha value is -1.00. The summed E-state index contributed by atoms with van der Waals surface area (Å²) < 4.78 is 5.24. The SMILES string of the molecule is CNC1CCCCCN1c1cnc(Cl)c(OC)c1. The number of nitrogens with one attached hydrogen (secondary N) is 1. The topological polar surface area (TPSA) is 37.4 Å². The summed E-state index contributed by atoms with van der Waals surface area (Å²) in [5.41, 5.74) is 1.07. The van der Waals surface area contributed by atoms with Crippen LogP contribution in [0.4, 0.5) is 5.69 Å². The summed E-state index contributed by atoms with van der Waals surface area (Å²) >= 11 is 5.97. The van der Waals surface area contributed by atoms with E-state index in [1.54, 1.807) is 7.11 Å². The van der Waals surface area contributed by atoms with Crippen LogP contribution in [-0.2, 0) is 0 Å². The van der Waals surface area contributed by atoms with Crippen LogP contribution in [0.2, 0.25) is 5.15 Å². The molecule has 0 spiro atoms. The number of ether oxygens (including phenoxy) is 1. The number of anilines is 1. The Morgan fingerprint density at radius 3 is 3.00 bits per heavy atom. The van der Waals surface area contributed by atoms with E-state index in [0.29, 0.717) is 17.1 Å². The Labute approximate surface area is 113 Å². The second kappa shape index (κ2) is 6.25. The van der Waals surface area contributed by atoms with E-state index in [-0.39, 0.29) is 0 Å². The fraction of sp³-hybridized carbons (Fsp3) is 0.615. The van der Waals surface area contributed by atoms with Crippen LogP contribution in [0.5, 0.6) is 5.75 Å². The van der Waals surface area contributed by atoms with E-state index in [4.69, 9.17) is 16.3 Å². The first-order valence-corrected chi connectivity index (χ1v) is 6.77. The van der Waals surface area contributed by atoms with Crippen LogP contribution in [-0.4, -0.2) is 31.9 Å². The second-order valence-electron chi connectivity index (χ2n) is 4.53. The maximum Gasteiger partial charge on any atom is 0.171 e. The van der Waals surface area contributed by atoms with Crippen LogP contribution >= 0.6 is 11.6 Å². The molecule has 1 saturated heterocycles. The molecule has 0 aromatic carbocycles. The summed E-state index contributed by atoms with van der Waals surface area (Å²) in [6, 6.07) is 1.96. The molecule has 0 saturated carbocycles. The van der Waals surface area contributed by atoms with Crippen LogP contribution in [0.25, 0.3) is 0 Å².